The third-order valence-corrected chi connectivity index (χ3v) is 4.75. The number of anilines is 2. The summed E-state index contributed by atoms with van der Waals surface area (Å²) in [5, 5.41) is 14.1. The van der Waals surface area contributed by atoms with Crippen LogP contribution in [-0.4, -0.2) is 16.8 Å². The number of hydrogen-bond donors (Lipinski definition) is 2. The van der Waals surface area contributed by atoms with E-state index in [1.165, 1.54) is 30.3 Å². The average molecular weight is 440 g/mol. The maximum atomic E-state index is 13.0. The average Bonchev–Trinajstić information content (AvgIpc) is 2.75. The molecule has 0 aromatic heterocycles. The Hall–Kier alpha value is -3.91. The Labute approximate surface area is 182 Å². The second-order valence-electron chi connectivity index (χ2n) is 6.70. The third kappa shape index (κ3) is 5.18. The van der Waals surface area contributed by atoms with E-state index >= 15 is 0 Å². The molecule has 0 fully saturated rings. The topological polar surface area (TPSA) is 125 Å². The molecule has 3 aromatic carbocycles. The Morgan fingerprint density at radius 1 is 1.10 bits per heavy atom. The lowest BCUT2D eigenvalue weighted by Gasteiger charge is -2.18. The molecule has 1 unspecified atom stereocenters. The summed E-state index contributed by atoms with van der Waals surface area (Å²) in [6.45, 7) is 1.70. The number of nitro groups is 1. The van der Waals surface area contributed by atoms with Crippen LogP contribution in [0, 0.1) is 17.0 Å². The minimum absolute atomic E-state index is 0.00619. The summed E-state index contributed by atoms with van der Waals surface area (Å²) >= 11 is 5.88. The summed E-state index contributed by atoms with van der Waals surface area (Å²) in [5.41, 5.74) is 6.82. The van der Waals surface area contributed by atoms with Crippen LogP contribution in [0.4, 0.5) is 17.1 Å². The van der Waals surface area contributed by atoms with Crippen molar-refractivity contribution in [2.45, 2.75) is 13.0 Å². The van der Waals surface area contributed by atoms with Gasteiger partial charge in [-0.2, -0.15) is 0 Å². The number of ether oxygens (including phenoxy) is 1. The van der Waals surface area contributed by atoms with Gasteiger partial charge in [-0.15, -0.1) is 0 Å². The highest BCUT2D eigenvalue weighted by Crippen LogP contribution is 2.28. The molecule has 9 heteroatoms. The first-order valence-corrected chi connectivity index (χ1v) is 9.51. The molecule has 0 saturated heterocycles. The predicted molar refractivity (Wildman–Crippen MR) is 117 cm³/mol. The van der Waals surface area contributed by atoms with Gasteiger partial charge in [-0.25, -0.2) is 4.79 Å². The molecule has 158 valence electrons. The Morgan fingerprint density at radius 3 is 2.45 bits per heavy atom. The van der Waals surface area contributed by atoms with Crippen molar-refractivity contribution in [2.24, 2.45) is 0 Å². The number of rotatable bonds is 6. The molecule has 0 bridgehead atoms. The van der Waals surface area contributed by atoms with Gasteiger partial charge < -0.3 is 15.8 Å². The van der Waals surface area contributed by atoms with Gasteiger partial charge in [-0.05, 0) is 36.8 Å². The number of benzene rings is 3. The Balaban J connectivity index is 1.91. The summed E-state index contributed by atoms with van der Waals surface area (Å²) in [6.07, 6.45) is -1.36. The third-order valence-electron chi connectivity index (χ3n) is 4.40. The van der Waals surface area contributed by atoms with Gasteiger partial charge in [-0.1, -0.05) is 48.0 Å². The molecule has 0 aliphatic rings. The lowest BCUT2D eigenvalue weighted by atomic mass is 10.1. The lowest BCUT2D eigenvalue weighted by molar-refractivity contribution is -0.384. The molecular formula is C22H18ClN3O5. The number of carbonyl (C=O) groups is 2. The number of nitrogens with two attached hydrogens (primary N) is 1. The minimum Gasteiger partial charge on any atom is -0.444 e. The zero-order valence-electron chi connectivity index (χ0n) is 16.4. The van der Waals surface area contributed by atoms with Crippen LogP contribution in [0.1, 0.15) is 27.6 Å². The van der Waals surface area contributed by atoms with Crippen molar-refractivity contribution in [1.29, 1.82) is 0 Å². The molecule has 1 amide bonds. The van der Waals surface area contributed by atoms with Crippen molar-refractivity contribution in [3.05, 3.63) is 98.6 Å². The number of nitrogen functional groups attached to an aromatic ring is 1. The second-order valence-corrected chi connectivity index (χ2v) is 7.11. The fourth-order valence-electron chi connectivity index (χ4n) is 2.84. The molecular weight excluding hydrogens is 422 g/mol. The van der Waals surface area contributed by atoms with E-state index in [-0.39, 0.29) is 27.6 Å². The number of nitrogens with one attached hydrogen (secondary N) is 1. The van der Waals surface area contributed by atoms with E-state index in [9.17, 15) is 19.7 Å². The number of esters is 1. The molecule has 3 aromatic rings. The normalized spacial score (nSPS) is 11.4. The first kappa shape index (κ1) is 21.8. The Kier molecular flexibility index (Phi) is 6.52. The largest absolute Gasteiger partial charge is 0.444 e. The van der Waals surface area contributed by atoms with Crippen LogP contribution in [0.25, 0.3) is 0 Å². The van der Waals surface area contributed by atoms with Crippen molar-refractivity contribution in [1.82, 2.24) is 0 Å². The van der Waals surface area contributed by atoms with Gasteiger partial charge >= 0.3 is 5.97 Å². The molecule has 1 atom stereocenters. The van der Waals surface area contributed by atoms with Crippen LogP contribution in [0.2, 0.25) is 5.02 Å². The fourth-order valence-corrected chi connectivity index (χ4v) is 2.96. The first-order valence-electron chi connectivity index (χ1n) is 9.13. The van der Waals surface area contributed by atoms with E-state index in [2.05, 4.69) is 5.32 Å². The van der Waals surface area contributed by atoms with Gasteiger partial charge in [0.1, 0.15) is 5.69 Å². The monoisotopic (exact) mass is 439 g/mol. The Bertz CT molecular complexity index is 1150. The van der Waals surface area contributed by atoms with Crippen LogP contribution in [-0.2, 0) is 9.53 Å². The maximum absolute atomic E-state index is 13.0. The summed E-state index contributed by atoms with van der Waals surface area (Å²) in [4.78, 5) is 36.4. The van der Waals surface area contributed by atoms with Crippen LogP contribution in [0.15, 0.2) is 66.7 Å². The summed E-state index contributed by atoms with van der Waals surface area (Å²) < 4.78 is 5.46. The van der Waals surface area contributed by atoms with E-state index in [0.29, 0.717) is 11.1 Å². The van der Waals surface area contributed by atoms with Gasteiger partial charge in [0.15, 0.2) is 0 Å². The van der Waals surface area contributed by atoms with Gasteiger partial charge in [0.05, 0.1) is 21.2 Å². The summed E-state index contributed by atoms with van der Waals surface area (Å²) in [7, 11) is 0. The second kappa shape index (κ2) is 9.27. The van der Waals surface area contributed by atoms with E-state index in [1.54, 1.807) is 43.3 Å². The van der Waals surface area contributed by atoms with E-state index in [4.69, 9.17) is 22.1 Å². The molecule has 31 heavy (non-hydrogen) atoms. The molecule has 8 nitrogen and oxygen atoms in total. The molecule has 0 radical (unpaired) electrons. The highest BCUT2D eigenvalue weighted by molar-refractivity contribution is 6.33. The number of nitrogens with zero attached hydrogens (tertiary/aromatic N) is 1. The zero-order valence-corrected chi connectivity index (χ0v) is 17.1. The predicted octanol–water partition coefficient (Wildman–Crippen LogP) is 4.68. The quantitative estimate of drug-likeness (QED) is 0.249. The van der Waals surface area contributed by atoms with Gasteiger partial charge in [-0.3, -0.25) is 14.9 Å². The molecule has 0 heterocycles. The number of halogens is 1. The van der Waals surface area contributed by atoms with Crippen LogP contribution in [0.5, 0.6) is 0 Å². The van der Waals surface area contributed by atoms with Crippen molar-refractivity contribution in [3.63, 3.8) is 0 Å². The highest BCUT2D eigenvalue weighted by Gasteiger charge is 2.28. The molecule has 0 aliphatic carbocycles. The van der Waals surface area contributed by atoms with Gasteiger partial charge in [0, 0.05) is 11.6 Å². The summed E-state index contributed by atoms with van der Waals surface area (Å²) in [6, 6.07) is 16.9. The van der Waals surface area contributed by atoms with E-state index in [1.807, 2.05) is 0 Å². The van der Waals surface area contributed by atoms with E-state index < -0.39 is 22.9 Å². The van der Waals surface area contributed by atoms with Crippen molar-refractivity contribution in [3.8, 4) is 0 Å². The van der Waals surface area contributed by atoms with Gasteiger partial charge in [0.2, 0.25) is 6.10 Å². The molecule has 3 N–H and O–H groups in total. The molecule has 3 rings (SSSR count). The van der Waals surface area contributed by atoms with E-state index in [0.717, 1.165) is 0 Å². The highest BCUT2D eigenvalue weighted by atomic mass is 35.5. The number of aryl methyl sites for hydroxylation is 1. The van der Waals surface area contributed by atoms with Crippen molar-refractivity contribution >= 4 is 40.5 Å². The maximum Gasteiger partial charge on any atom is 0.339 e. The lowest BCUT2D eigenvalue weighted by Crippen LogP contribution is -2.26. The number of nitro benzene ring substituents is 1. The fraction of sp³-hybridized carbons (Fsp3) is 0.0909. The summed E-state index contributed by atoms with van der Waals surface area (Å²) in [5.74, 6) is -1.54. The number of amides is 1. The number of carbonyl (C=O) groups excluding carboxylic acids is 2. The molecule has 0 spiro atoms. The standard InChI is InChI=1S/C22H18ClN3O5/c1-13-7-10-18(19(11-13)26(29)30)25-21(27)20(14-5-3-2-4-6-14)31-22(28)15-8-9-16(23)17(24)12-15/h2-12,20H,24H2,1H3,(H,25,27). The molecule has 0 aliphatic heterocycles. The smallest absolute Gasteiger partial charge is 0.339 e. The van der Waals surface area contributed by atoms with Crippen LogP contribution in [0.3, 0.4) is 0 Å². The molecule has 0 saturated carbocycles. The SMILES string of the molecule is Cc1ccc(NC(=O)C(OC(=O)c2ccc(Cl)c(N)c2)c2ccccc2)c([N+](=O)[O-])c1. The first-order chi connectivity index (χ1) is 14.8. The van der Waals surface area contributed by atoms with Crippen molar-refractivity contribution in [2.75, 3.05) is 11.1 Å². The van der Waals surface area contributed by atoms with Crippen LogP contribution >= 0.6 is 11.6 Å². The van der Waals surface area contributed by atoms with Crippen molar-refractivity contribution < 1.29 is 19.2 Å². The van der Waals surface area contributed by atoms with Gasteiger partial charge in [0.25, 0.3) is 11.6 Å². The zero-order chi connectivity index (χ0) is 22.5. The minimum atomic E-state index is -1.36. The van der Waals surface area contributed by atoms with Crippen LogP contribution < -0.4 is 11.1 Å². The Morgan fingerprint density at radius 2 is 1.81 bits per heavy atom. The number of hydrogen-bond acceptors (Lipinski definition) is 6.